The van der Waals surface area contributed by atoms with Gasteiger partial charge in [0.05, 0.1) is 13.7 Å². The average Bonchev–Trinajstić information content (AvgIpc) is 3.22. The molecular formula is C26H27N3O2. The summed E-state index contributed by atoms with van der Waals surface area (Å²) >= 11 is 0. The maximum absolute atomic E-state index is 6.15. The van der Waals surface area contributed by atoms with E-state index in [1.54, 1.807) is 7.11 Å². The standard InChI is InChI=1S/C26H27N3O2/c1-30-26-7-3-2-6-24(26)21-8-9-25-22(15-21)16-23(31-25)19-29-13-11-28(12-14-29)18-20-5-4-10-27-17-20/h2-10,15-17H,11-14,18-19H2,1H3. The zero-order valence-electron chi connectivity index (χ0n) is 17.8. The van der Waals surface area contributed by atoms with Crippen LogP contribution >= 0.6 is 0 Å². The second-order valence-corrected chi connectivity index (χ2v) is 8.08. The summed E-state index contributed by atoms with van der Waals surface area (Å²) in [5.41, 5.74) is 4.45. The van der Waals surface area contributed by atoms with Crippen molar-refractivity contribution in [2.75, 3.05) is 33.3 Å². The number of rotatable bonds is 6. The van der Waals surface area contributed by atoms with E-state index in [0.29, 0.717) is 0 Å². The number of fused-ring (bicyclic) bond motifs is 1. The van der Waals surface area contributed by atoms with Gasteiger partial charge in [-0.15, -0.1) is 0 Å². The first-order valence-corrected chi connectivity index (χ1v) is 10.8. The van der Waals surface area contributed by atoms with Crippen molar-refractivity contribution in [3.63, 3.8) is 0 Å². The van der Waals surface area contributed by atoms with Gasteiger partial charge in [-0.3, -0.25) is 14.8 Å². The van der Waals surface area contributed by atoms with Crippen molar-refractivity contribution in [2.24, 2.45) is 0 Å². The Morgan fingerprint density at radius 3 is 2.48 bits per heavy atom. The SMILES string of the molecule is COc1ccccc1-c1ccc2oc(CN3CCN(Cc4cccnc4)CC3)cc2c1. The van der Waals surface area contributed by atoms with Gasteiger partial charge in [0, 0.05) is 56.1 Å². The van der Waals surface area contributed by atoms with Crippen LogP contribution in [-0.2, 0) is 13.1 Å². The highest BCUT2D eigenvalue weighted by molar-refractivity contribution is 5.85. The minimum absolute atomic E-state index is 0.847. The van der Waals surface area contributed by atoms with Crippen LogP contribution in [0.15, 0.2) is 77.5 Å². The van der Waals surface area contributed by atoms with Crippen LogP contribution in [-0.4, -0.2) is 48.1 Å². The maximum Gasteiger partial charge on any atom is 0.134 e. The zero-order chi connectivity index (χ0) is 21.0. The highest BCUT2D eigenvalue weighted by Gasteiger charge is 2.18. The largest absolute Gasteiger partial charge is 0.496 e. The molecule has 0 unspecified atom stereocenters. The van der Waals surface area contributed by atoms with Crippen LogP contribution in [0.2, 0.25) is 0 Å². The van der Waals surface area contributed by atoms with E-state index in [9.17, 15) is 0 Å². The first kappa shape index (κ1) is 19.8. The van der Waals surface area contributed by atoms with Crippen LogP contribution in [0.1, 0.15) is 11.3 Å². The van der Waals surface area contributed by atoms with Crippen molar-refractivity contribution < 1.29 is 9.15 Å². The van der Waals surface area contributed by atoms with E-state index in [1.165, 1.54) is 5.56 Å². The van der Waals surface area contributed by atoms with E-state index in [0.717, 1.165) is 72.9 Å². The molecule has 0 radical (unpaired) electrons. The molecule has 0 atom stereocenters. The quantitative estimate of drug-likeness (QED) is 0.453. The molecule has 0 aliphatic carbocycles. The Balaban J connectivity index is 1.24. The van der Waals surface area contributed by atoms with Gasteiger partial charge in [-0.2, -0.15) is 0 Å². The lowest BCUT2D eigenvalue weighted by atomic mass is 10.0. The fraction of sp³-hybridized carbons (Fsp3) is 0.269. The van der Waals surface area contributed by atoms with Crippen LogP contribution in [0, 0.1) is 0 Å². The molecule has 2 aromatic carbocycles. The number of hydrogen-bond donors (Lipinski definition) is 0. The topological polar surface area (TPSA) is 41.7 Å². The van der Waals surface area contributed by atoms with Gasteiger partial charge in [0.15, 0.2) is 0 Å². The van der Waals surface area contributed by atoms with Gasteiger partial charge in [0.2, 0.25) is 0 Å². The van der Waals surface area contributed by atoms with Crippen LogP contribution in [0.25, 0.3) is 22.1 Å². The van der Waals surface area contributed by atoms with Crippen molar-refractivity contribution in [2.45, 2.75) is 13.1 Å². The molecule has 1 aliphatic rings. The van der Waals surface area contributed by atoms with Crippen LogP contribution < -0.4 is 4.74 Å². The van der Waals surface area contributed by atoms with E-state index in [-0.39, 0.29) is 0 Å². The molecule has 31 heavy (non-hydrogen) atoms. The summed E-state index contributed by atoms with van der Waals surface area (Å²) in [6, 6.07) is 20.8. The van der Waals surface area contributed by atoms with Gasteiger partial charge in [0.1, 0.15) is 17.1 Å². The van der Waals surface area contributed by atoms with Gasteiger partial charge < -0.3 is 9.15 Å². The van der Waals surface area contributed by atoms with E-state index in [4.69, 9.17) is 9.15 Å². The van der Waals surface area contributed by atoms with E-state index < -0.39 is 0 Å². The number of furan rings is 1. The van der Waals surface area contributed by atoms with Crippen molar-refractivity contribution in [1.29, 1.82) is 0 Å². The Bertz CT molecular complexity index is 1150. The summed E-state index contributed by atoms with van der Waals surface area (Å²) in [7, 11) is 1.71. The van der Waals surface area contributed by atoms with Crippen LogP contribution in [0.5, 0.6) is 5.75 Å². The number of pyridine rings is 1. The molecule has 1 aliphatic heterocycles. The number of methoxy groups -OCH3 is 1. The van der Waals surface area contributed by atoms with Gasteiger partial charge in [-0.25, -0.2) is 0 Å². The Kier molecular flexibility index (Phi) is 5.69. The summed E-state index contributed by atoms with van der Waals surface area (Å²) in [4.78, 5) is 9.18. The average molecular weight is 414 g/mol. The second kappa shape index (κ2) is 8.92. The first-order chi connectivity index (χ1) is 15.3. The number of hydrogen-bond acceptors (Lipinski definition) is 5. The minimum Gasteiger partial charge on any atom is -0.496 e. The van der Waals surface area contributed by atoms with Crippen molar-refractivity contribution in [3.05, 3.63) is 84.4 Å². The Morgan fingerprint density at radius 2 is 1.71 bits per heavy atom. The highest BCUT2D eigenvalue weighted by atomic mass is 16.5. The fourth-order valence-corrected chi connectivity index (χ4v) is 4.30. The molecule has 5 rings (SSSR count). The van der Waals surface area contributed by atoms with Crippen molar-refractivity contribution in [3.8, 4) is 16.9 Å². The number of piperazine rings is 1. The Labute approximate surface area is 182 Å². The maximum atomic E-state index is 6.15. The number of aromatic nitrogens is 1. The normalized spacial score (nSPS) is 15.4. The molecule has 3 heterocycles. The van der Waals surface area contributed by atoms with E-state index >= 15 is 0 Å². The first-order valence-electron chi connectivity index (χ1n) is 10.8. The second-order valence-electron chi connectivity index (χ2n) is 8.08. The zero-order valence-corrected chi connectivity index (χ0v) is 17.8. The molecule has 0 bridgehead atoms. The molecule has 0 amide bonds. The fourth-order valence-electron chi connectivity index (χ4n) is 4.30. The molecule has 0 spiro atoms. The third-order valence-corrected chi connectivity index (χ3v) is 5.96. The number of para-hydroxylation sites is 1. The highest BCUT2D eigenvalue weighted by Crippen LogP contribution is 2.32. The predicted molar refractivity (Wildman–Crippen MR) is 123 cm³/mol. The lowest BCUT2D eigenvalue weighted by molar-refractivity contribution is 0.116. The number of nitrogens with zero attached hydrogens (tertiary/aromatic N) is 3. The molecule has 1 saturated heterocycles. The summed E-state index contributed by atoms with van der Waals surface area (Å²) in [6.07, 6.45) is 3.79. The predicted octanol–water partition coefficient (Wildman–Crippen LogP) is 4.82. The Morgan fingerprint density at radius 1 is 0.903 bits per heavy atom. The monoisotopic (exact) mass is 413 g/mol. The molecule has 0 saturated carbocycles. The third kappa shape index (κ3) is 4.48. The van der Waals surface area contributed by atoms with Crippen molar-refractivity contribution >= 4 is 11.0 Å². The summed E-state index contributed by atoms with van der Waals surface area (Å²) in [6.45, 7) is 6.03. The van der Waals surface area contributed by atoms with Crippen molar-refractivity contribution in [1.82, 2.24) is 14.8 Å². The summed E-state index contributed by atoms with van der Waals surface area (Å²) < 4.78 is 11.7. The van der Waals surface area contributed by atoms with E-state index in [2.05, 4.69) is 51.2 Å². The lowest BCUT2D eigenvalue weighted by Crippen LogP contribution is -2.45. The van der Waals surface area contributed by atoms with Gasteiger partial charge >= 0.3 is 0 Å². The van der Waals surface area contributed by atoms with Crippen LogP contribution in [0.4, 0.5) is 0 Å². The molecule has 2 aromatic heterocycles. The Hall–Kier alpha value is -3.15. The molecule has 0 N–H and O–H groups in total. The molecule has 1 fully saturated rings. The van der Waals surface area contributed by atoms with Gasteiger partial charge in [0.25, 0.3) is 0 Å². The number of benzene rings is 2. The smallest absolute Gasteiger partial charge is 0.134 e. The molecule has 158 valence electrons. The van der Waals surface area contributed by atoms with Crippen LogP contribution in [0.3, 0.4) is 0 Å². The van der Waals surface area contributed by atoms with E-state index in [1.807, 2.05) is 36.7 Å². The third-order valence-electron chi connectivity index (χ3n) is 5.96. The minimum atomic E-state index is 0.847. The van der Waals surface area contributed by atoms with Gasteiger partial charge in [-0.05, 0) is 41.5 Å². The lowest BCUT2D eigenvalue weighted by Gasteiger charge is -2.34. The molecular weight excluding hydrogens is 386 g/mol. The molecule has 4 aromatic rings. The molecule has 5 nitrogen and oxygen atoms in total. The summed E-state index contributed by atoms with van der Waals surface area (Å²) in [5.74, 6) is 1.91. The summed E-state index contributed by atoms with van der Waals surface area (Å²) in [5, 5.41) is 1.13. The molecule has 5 heteroatoms. The number of ether oxygens (including phenoxy) is 1. The van der Waals surface area contributed by atoms with Gasteiger partial charge in [-0.1, -0.05) is 30.3 Å².